The minimum Gasteiger partial charge on any atom is -0.370 e. The summed E-state index contributed by atoms with van der Waals surface area (Å²) in [4.78, 5) is 19.8. The number of pyridine rings is 1. The number of nitrogens with one attached hydrogen (secondary N) is 1. The number of anilines is 1. The fourth-order valence-corrected chi connectivity index (χ4v) is 2.33. The third-order valence-corrected chi connectivity index (χ3v) is 3.41. The molecule has 0 bridgehead atoms. The molecule has 1 aromatic rings. The number of hydrogen-bond donors (Lipinski definition) is 1. The van der Waals surface area contributed by atoms with Crippen LogP contribution in [-0.4, -0.2) is 53.4 Å². The number of nitrogens with zero attached hydrogens (tertiary/aromatic N) is 3. The van der Waals surface area contributed by atoms with E-state index in [0.717, 1.165) is 45.1 Å². The van der Waals surface area contributed by atoms with E-state index in [1.165, 1.54) is 5.56 Å². The molecule has 0 radical (unpaired) electrons. The van der Waals surface area contributed by atoms with Crippen molar-refractivity contribution in [2.24, 2.45) is 0 Å². The summed E-state index contributed by atoms with van der Waals surface area (Å²) in [6.07, 6.45) is 1.85. The Bertz CT molecular complexity index is 427. The molecule has 1 aliphatic rings. The van der Waals surface area contributed by atoms with Crippen LogP contribution >= 0.6 is 0 Å². The molecular formula is C14H22N4O. The molecule has 1 fully saturated rings. The van der Waals surface area contributed by atoms with Gasteiger partial charge in [-0.25, -0.2) is 4.98 Å². The van der Waals surface area contributed by atoms with Crippen molar-refractivity contribution in [2.45, 2.75) is 20.4 Å². The Balaban J connectivity index is 1.88. The van der Waals surface area contributed by atoms with Gasteiger partial charge in [0.1, 0.15) is 5.82 Å². The standard InChI is InChI=1S/C14H22N4O/c1-3-15-14-10-13(4-5-16-14)11-17-6-8-18(9-7-17)12(2)19/h4-5,10H,3,6-9,11H2,1-2H3,(H,15,16). The van der Waals surface area contributed by atoms with Gasteiger partial charge in [0.2, 0.25) is 5.91 Å². The van der Waals surface area contributed by atoms with Crippen molar-refractivity contribution in [2.75, 3.05) is 38.0 Å². The van der Waals surface area contributed by atoms with Gasteiger partial charge in [-0.05, 0) is 24.6 Å². The predicted molar refractivity (Wildman–Crippen MR) is 75.9 cm³/mol. The number of hydrogen-bond acceptors (Lipinski definition) is 4. The van der Waals surface area contributed by atoms with Crippen LogP contribution in [0, 0.1) is 0 Å². The van der Waals surface area contributed by atoms with Gasteiger partial charge in [0.05, 0.1) is 0 Å². The Labute approximate surface area is 114 Å². The van der Waals surface area contributed by atoms with Crippen LogP contribution in [0.4, 0.5) is 5.82 Å². The first-order valence-corrected chi connectivity index (χ1v) is 6.85. The zero-order chi connectivity index (χ0) is 13.7. The topological polar surface area (TPSA) is 48.5 Å². The summed E-state index contributed by atoms with van der Waals surface area (Å²) in [6.45, 7) is 9.06. The summed E-state index contributed by atoms with van der Waals surface area (Å²) in [6, 6.07) is 4.15. The Hall–Kier alpha value is -1.62. The van der Waals surface area contributed by atoms with Gasteiger partial charge in [-0.3, -0.25) is 9.69 Å². The summed E-state index contributed by atoms with van der Waals surface area (Å²) in [5, 5.41) is 3.22. The molecule has 1 saturated heterocycles. The highest BCUT2D eigenvalue weighted by Crippen LogP contribution is 2.11. The van der Waals surface area contributed by atoms with E-state index in [0.29, 0.717) is 0 Å². The normalized spacial score (nSPS) is 16.4. The fourth-order valence-electron chi connectivity index (χ4n) is 2.33. The minimum absolute atomic E-state index is 0.179. The zero-order valence-corrected chi connectivity index (χ0v) is 11.7. The van der Waals surface area contributed by atoms with Crippen molar-refractivity contribution in [3.05, 3.63) is 23.9 Å². The van der Waals surface area contributed by atoms with E-state index in [1.54, 1.807) is 6.92 Å². The number of piperazine rings is 1. The molecular weight excluding hydrogens is 240 g/mol. The number of carbonyl (C=O) groups excluding carboxylic acids is 1. The highest BCUT2D eigenvalue weighted by Gasteiger charge is 2.18. The largest absolute Gasteiger partial charge is 0.370 e. The van der Waals surface area contributed by atoms with Crippen LogP contribution in [0.1, 0.15) is 19.4 Å². The highest BCUT2D eigenvalue weighted by molar-refractivity contribution is 5.73. The van der Waals surface area contributed by atoms with Crippen LogP contribution in [0.2, 0.25) is 0 Å². The van der Waals surface area contributed by atoms with Crippen LogP contribution in [-0.2, 0) is 11.3 Å². The van der Waals surface area contributed by atoms with E-state index in [2.05, 4.69) is 34.3 Å². The summed E-state index contributed by atoms with van der Waals surface area (Å²) in [5.74, 6) is 1.11. The van der Waals surface area contributed by atoms with Crippen LogP contribution < -0.4 is 5.32 Å². The molecule has 0 spiro atoms. The summed E-state index contributed by atoms with van der Waals surface area (Å²) < 4.78 is 0. The van der Waals surface area contributed by atoms with Crippen molar-refractivity contribution in [3.63, 3.8) is 0 Å². The Morgan fingerprint density at radius 1 is 1.37 bits per heavy atom. The maximum atomic E-state index is 11.3. The predicted octanol–water partition coefficient (Wildman–Crippen LogP) is 1.18. The lowest BCUT2D eigenvalue weighted by Gasteiger charge is -2.34. The van der Waals surface area contributed by atoms with Gasteiger partial charge in [-0.15, -0.1) is 0 Å². The van der Waals surface area contributed by atoms with Crippen LogP contribution in [0.5, 0.6) is 0 Å². The molecule has 104 valence electrons. The van der Waals surface area contributed by atoms with Gasteiger partial charge in [0, 0.05) is 52.4 Å². The first-order valence-electron chi connectivity index (χ1n) is 6.85. The number of rotatable bonds is 4. The smallest absolute Gasteiger partial charge is 0.219 e. The summed E-state index contributed by atoms with van der Waals surface area (Å²) in [7, 11) is 0. The molecule has 5 nitrogen and oxygen atoms in total. The van der Waals surface area contributed by atoms with Gasteiger partial charge < -0.3 is 10.2 Å². The van der Waals surface area contributed by atoms with E-state index < -0.39 is 0 Å². The average Bonchev–Trinajstić information content (AvgIpc) is 2.40. The van der Waals surface area contributed by atoms with Crippen molar-refractivity contribution < 1.29 is 4.79 Å². The molecule has 1 aromatic heterocycles. The minimum atomic E-state index is 0.179. The van der Waals surface area contributed by atoms with E-state index in [9.17, 15) is 4.79 Å². The van der Waals surface area contributed by atoms with Gasteiger partial charge in [-0.2, -0.15) is 0 Å². The average molecular weight is 262 g/mol. The SMILES string of the molecule is CCNc1cc(CN2CCN(C(C)=O)CC2)ccn1. The third-order valence-electron chi connectivity index (χ3n) is 3.41. The summed E-state index contributed by atoms with van der Waals surface area (Å²) >= 11 is 0. The Kier molecular flexibility index (Phi) is 4.74. The fraction of sp³-hybridized carbons (Fsp3) is 0.571. The second-order valence-corrected chi connectivity index (χ2v) is 4.86. The molecule has 0 aliphatic carbocycles. The second kappa shape index (κ2) is 6.52. The Morgan fingerprint density at radius 2 is 2.11 bits per heavy atom. The molecule has 0 aromatic carbocycles. The molecule has 0 saturated carbocycles. The molecule has 1 N–H and O–H groups in total. The van der Waals surface area contributed by atoms with Gasteiger partial charge in [-0.1, -0.05) is 0 Å². The molecule has 5 heteroatoms. The van der Waals surface area contributed by atoms with Crippen molar-refractivity contribution >= 4 is 11.7 Å². The van der Waals surface area contributed by atoms with Gasteiger partial charge in [0.25, 0.3) is 0 Å². The second-order valence-electron chi connectivity index (χ2n) is 4.86. The lowest BCUT2D eigenvalue weighted by atomic mass is 10.2. The number of amides is 1. The van der Waals surface area contributed by atoms with Crippen molar-refractivity contribution in [3.8, 4) is 0 Å². The maximum Gasteiger partial charge on any atom is 0.219 e. The summed E-state index contributed by atoms with van der Waals surface area (Å²) in [5.41, 5.74) is 1.27. The lowest BCUT2D eigenvalue weighted by molar-refractivity contribution is -0.130. The van der Waals surface area contributed by atoms with E-state index in [1.807, 2.05) is 11.1 Å². The molecule has 0 atom stereocenters. The monoisotopic (exact) mass is 262 g/mol. The molecule has 2 heterocycles. The highest BCUT2D eigenvalue weighted by atomic mass is 16.2. The van der Waals surface area contributed by atoms with Gasteiger partial charge >= 0.3 is 0 Å². The first-order chi connectivity index (χ1) is 9.19. The lowest BCUT2D eigenvalue weighted by Crippen LogP contribution is -2.47. The van der Waals surface area contributed by atoms with E-state index in [4.69, 9.17) is 0 Å². The van der Waals surface area contributed by atoms with E-state index in [-0.39, 0.29) is 5.91 Å². The number of aromatic nitrogens is 1. The zero-order valence-electron chi connectivity index (χ0n) is 11.7. The molecule has 1 amide bonds. The van der Waals surface area contributed by atoms with Gasteiger partial charge in [0.15, 0.2) is 0 Å². The van der Waals surface area contributed by atoms with Crippen LogP contribution in [0.3, 0.4) is 0 Å². The molecule has 0 unspecified atom stereocenters. The van der Waals surface area contributed by atoms with Crippen molar-refractivity contribution in [1.29, 1.82) is 0 Å². The first kappa shape index (κ1) is 13.8. The molecule has 1 aliphatic heterocycles. The quantitative estimate of drug-likeness (QED) is 0.885. The van der Waals surface area contributed by atoms with Crippen LogP contribution in [0.25, 0.3) is 0 Å². The van der Waals surface area contributed by atoms with Crippen LogP contribution in [0.15, 0.2) is 18.3 Å². The van der Waals surface area contributed by atoms with Crippen molar-refractivity contribution in [1.82, 2.24) is 14.8 Å². The third kappa shape index (κ3) is 3.92. The Morgan fingerprint density at radius 3 is 2.74 bits per heavy atom. The molecule has 2 rings (SSSR count). The van der Waals surface area contributed by atoms with E-state index >= 15 is 0 Å². The number of carbonyl (C=O) groups is 1. The molecule has 19 heavy (non-hydrogen) atoms. The maximum absolute atomic E-state index is 11.3.